The Morgan fingerprint density at radius 1 is 1.14 bits per heavy atom. The van der Waals surface area contributed by atoms with E-state index in [0.29, 0.717) is 11.5 Å². The minimum absolute atomic E-state index is 0.642. The van der Waals surface area contributed by atoms with Crippen molar-refractivity contribution in [3.8, 4) is 11.5 Å². The van der Waals surface area contributed by atoms with Crippen molar-refractivity contribution in [3.05, 3.63) is 17.7 Å². The van der Waals surface area contributed by atoms with E-state index in [-0.39, 0.29) is 0 Å². The fourth-order valence-corrected chi connectivity index (χ4v) is 4.26. The van der Waals surface area contributed by atoms with Gasteiger partial charge in [0, 0.05) is 24.5 Å². The van der Waals surface area contributed by atoms with Crippen LogP contribution in [0.2, 0.25) is 0 Å². The quantitative estimate of drug-likeness (QED) is 0.515. The van der Waals surface area contributed by atoms with Gasteiger partial charge in [-0.2, -0.15) is 0 Å². The number of nitrogens with zero attached hydrogens (tertiary/aromatic N) is 1. The Bertz CT molecular complexity index is 510. The molecular formula is C15H22BrNO3S. The average molecular weight is 376 g/mol. The van der Waals surface area contributed by atoms with Crippen LogP contribution < -0.4 is 9.47 Å². The molecule has 1 aromatic rings. The molecule has 1 aromatic carbocycles. The maximum absolute atomic E-state index is 12.5. The highest BCUT2D eigenvalue weighted by atomic mass is 79.9. The molecule has 4 nitrogen and oxygen atoms in total. The number of alkyl halides is 1. The van der Waals surface area contributed by atoms with Gasteiger partial charge in [0.25, 0.3) is 0 Å². The number of rotatable bonds is 8. The summed E-state index contributed by atoms with van der Waals surface area (Å²) in [4.78, 5) is 0.855. The second-order valence-electron chi connectivity index (χ2n) is 5.03. The predicted molar refractivity (Wildman–Crippen MR) is 88.6 cm³/mol. The third-order valence-corrected chi connectivity index (χ3v) is 5.72. The predicted octanol–water partition coefficient (Wildman–Crippen LogP) is 3.50. The topological polar surface area (TPSA) is 38.8 Å². The van der Waals surface area contributed by atoms with Gasteiger partial charge in [-0.15, -0.1) is 0 Å². The molecule has 0 amide bonds. The summed E-state index contributed by atoms with van der Waals surface area (Å²) < 4.78 is 25.1. The summed E-state index contributed by atoms with van der Waals surface area (Å²) in [6.07, 6.45) is 4.70. The molecule has 1 atom stereocenters. The molecule has 1 unspecified atom stereocenters. The smallest absolute Gasteiger partial charge is 0.161 e. The molecule has 21 heavy (non-hydrogen) atoms. The molecule has 0 bridgehead atoms. The highest BCUT2D eigenvalue weighted by Crippen LogP contribution is 2.37. The Morgan fingerprint density at radius 2 is 1.81 bits per heavy atom. The van der Waals surface area contributed by atoms with Crippen molar-refractivity contribution >= 4 is 26.9 Å². The van der Waals surface area contributed by atoms with Gasteiger partial charge >= 0.3 is 0 Å². The number of hydrogen-bond acceptors (Lipinski definition) is 3. The van der Waals surface area contributed by atoms with Gasteiger partial charge in [0.2, 0.25) is 0 Å². The Kier molecular flexibility index (Phi) is 6.51. The maximum Gasteiger partial charge on any atom is 0.161 e. The van der Waals surface area contributed by atoms with Gasteiger partial charge in [-0.3, -0.25) is 0 Å². The van der Waals surface area contributed by atoms with Crippen LogP contribution in [0.1, 0.15) is 31.2 Å². The summed E-state index contributed by atoms with van der Waals surface area (Å²) in [6.45, 7) is 1.59. The lowest BCUT2D eigenvalue weighted by Gasteiger charge is -2.12. The zero-order valence-corrected chi connectivity index (χ0v) is 15.0. The molecule has 0 saturated heterocycles. The van der Waals surface area contributed by atoms with Crippen molar-refractivity contribution in [2.75, 3.05) is 26.1 Å². The van der Waals surface area contributed by atoms with E-state index >= 15 is 0 Å². The number of benzene rings is 1. The van der Waals surface area contributed by atoms with Crippen molar-refractivity contribution in [1.29, 1.82) is 0 Å². The lowest BCUT2D eigenvalue weighted by atomic mass is 10.2. The fourth-order valence-electron chi connectivity index (χ4n) is 2.47. The summed E-state index contributed by atoms with van der Waals surface area (Å²) in [5.74, 6) is 1.34. The Morgan fingerprint density at radius 3 is 2.48 bits per heavy atom. The highest BCUT2D eigenvalue weighted by Gasteiger charge is 2.28. The number of ether oxygens (including phenoxy) is 2. The SMILES string of the molecule is COc1cc2c(cc1OC)S(=O)N(CCCCCCBr)C2. The Labute approximate surface area is 137 Å². The molecule has 0 aliphatic carbocycles. The molecule has 0 spiro atoms. The van der Waals surface area contributed by atoms with E-state index in [1.165, 1.54) is 19.3 Å². The zero-order chi connectivity index (χ0) is 15.2. The minimum atomic E-state index is -1.08. The molecule has 0 N–H and O–H groups in total. The van der Waals surface area contributed by atoms with Crippen LogP contribution in [-0.4, -0.2) is 34.6 Å². The zero-order valence-electron chi connectivity index (χ0n) is 12.6. The molecule has 6 heteroatoms. The van der Waals surface area contributed by atoms with Gasteiger partial charge in [-0.1, -0.05) is 28.8 Å². The first-order valence-corrected chi connectivity index (χ1v) is 9.41. The van der Waals surface area contributed by atoms with Gasteiger partial charge in [-0.25, -0.2) is 8.51 Å². The molecular weight excluding hydrogens is 354 g/mol. The van der Waals surface area contributed by atoms with E-state index < -0.39 is 11.0 Å². The first-order valence-electron chi connectivity index (χ1n) is 7.19. The second-order valence-corrected chi connectivity index (χ2v) is 7.28. The summed E-state index contributed by atoms with van der Waals surface area (Å²) in [6, 6.07) is 3.78. The minimum Gasteiger partial charge on any atom is -0.493 e. The van der Waals surface area contributed by atoms with Gasteiger partial charge in [-0.05, 0) is 24.5 Å². The molecule has 1 aliphatic rings. The fraction of sp³-hybridized carbons (Fsp3) is 0.600. The number of halogens is 1. The van der Waals surface area contributed by atoms with Crippen LogP contribution in [0.5, 0.6) is 11.5 Å². The van der Waals surface area contributed by atoms with E-state index in [1.54, 1.807) is 14.2 Å². The van der Waals surface area contributed by atoms with Crippen molar-refractivity contribution in [3.63, 3.8) is 0 Å². The van der Waals surface area contributed by atoms with Crippen LogP contribution in [0, 0.1) is 0 Å². The summed E-state index contributed by atoms with van der Waals surface area (Å²) in [7, 11) is 2.15. The molecule has 0 saturated carbocycles. The number of hydrogen-bond donors (Lipinski definition) is 0. The second kappa shape index (κ2) is 8.15. The average Bonchev–Trinajstić information content (AvgIpc) is 2.81. The highest BCUT2D eigenvalue weighted by molar-refractivity contribution is 9.09. The van der Waals surface area contributed by atoms with E-state index in [2.05, 4.69) is 15.9 Å². The van der Waals surface area contributed by atoms with Crippen LogP contribution in [-0.2, 0) is 17.5 Å². The molecule has 0 aromatic heterocycles. The summed E-state index contributed by atoms with van der Waals surface area (Å²) in [5.41, 5.74) is 1.08. The summed E-state index contributed by atoms with van der Waals surface area (Å²) >= 11 is 3.44. The number of unbranched alkanes of at least 4 members (excludes halogenated alkanes) is 3. The summed E-state index contributed by atoms with van der Waals surface area (Å²) in [5, 5.41) is 1.06. The largest absolute Gasteiger partial charge is 0.493 e. The molecule has 118 valence electrons. The third-order valence-electron chi connectivity index (χ3n) is 3.63. The van der Waals surface area contributed by atoms with E-state index in [4.69, 9.17) is 9.47 Å². The molecule has 1 heterocycles. The van der Waals surface area contributed by atoms with Gasteiger partial charge < -0.3 is 9.47 Å². The molecule has 0 fully saturated rings. The standard InChI is InChI=1S/C15H22BrNO3S/c1-19-13-9-12-11-17(8-6-4-3-5-7-16)21(18)15(12)10-14(13)20-2/h9-10H,3-8,11H2,1-2H3. The van der Waals surface area contributed by atoms with E-state index in [9.17, 15) is 4.21 Å². The van der Waals surface area contributed by atoms with Crippen molar-refractivity contribution in [2.45, 2.75) is 37.1 Å². The van der Waals surface area contributed by atoms with Crippen molar-refractivity contribution < 1.29 is 13.7 Å². The molecule has 0 radical (unpaired) electrons. The van der Waals surface area contributed by atoms with Crippen molar-refractivity contribution in [1.82, 2.24) is 4.31 Å². The van der Waals surface area contributed by atoms with Crippen LogP contribution in [0.3, 0.4) is 0 Å². The Balaban J connectivity index is 1.99. The van der Waals surface area contributed by atoms with Crippen LogP contribution in [0.15, 0.2) is 17.0 Å². The van der Waals surface area contributed by atoms with E-state index in [1.807, 2.05) is 16.4 Å². The number of methoxy groups -OCH3 is 2. The first-order chi connectivity index (χ1) is 10.2. The Hall–Kier alpha value is -0.590. The third kappa shape index (κ3) is 3.99. The molecule has 2 rings (SSSR count). The van der Waals surface area contributed by atoms with Crippen LogP contribution >= 0.6 is 15.9 Å². The lowest BCUT2D eigenvalue weighted by molar-refractivity contribution is 0.353. The maximum atomic E-state index is 12.5. The van der Waals surface area contributed by atoms with Gasteiger partial charge in [0.1, 0.15) is 11.0 Å². The lowest BCUT2D eigenvalue weighted by Crippen LogP contribution is -2.20. The molecule has 1 aliphatic heterocycles. The van der Waals surface area contributed by atoms with Crippen molar-refractivity contribution in [2.24, 2.45) is 0 Å². The van der Waals surface area contributed by atoms with Crippen LogP contribution in [0.4, 0.5) is 0 Å². The van der Waals surface area contributed by atoms with Gasteiger partial charge in [0.05, 0.1) is 19.1 Å². The first kappa shape index (κ1) is 16.8. The number of fused-ring (bicyclic) bond motifs is 1. The normalized spacial score (nSPS) is 17.8. The van der Waals surface area contributed by atoms with Crippen LogP contribution in [0.25, 0.3) is 0 Å². The monoisotopic (exact) mass is 375 g/mol. The van der Waals surface area contributed by atoms with Gasteiger partial charge in [0.15, 0.2) is 11.5 Å². The van der Waals surface area contributed by atoms with E-state index in [0.717, 1.165) is 35.3 Å².